The monoisotopic (exact) mass is 233 g/mol. The van der Waals surface area contributed by atoms with Crippen LogP contribution in [0.1, 0.15) is 32.4 Å². The molecule has 4 heteroatoms. The molecule has 4 nitrogen and oxygen atoms in total. The van der Waals surface area contributed by atoms with E-state index in [1.54, 1.807) is 4.57 Å². The van der Waals surface area contributed by atoms with E-state index in [0.29, 0.717) is 0 Å². The molecule has 2 heterocycles. The molecule has 0 saturated heterocycles. The maximum Gasteiger partial charge on any atom is 0.331 e. The number of nitrogens with zero attached hydrogens (tertiary/aromatic N) is 2. The van der Waals surface area contributed by atoms with Gasteiger partial charge < -0.3 is 9.55 Å². The van der Waals surface area contributed by atoms with Gasteiger partial charge in [0.2, 0.25) is 0 Å². The fourth-order valence-corrected chi connectivity index (χ4v) is 2.00. The van der Waals surface area contributed by atoms with Crippen LogP contribution in [0.5, 0.6) is 0 Å². The molecule has 0 aromatic carbocycles. The Morgan fingerprint density at radius 2 is 2.18 bits per heavy atom. The van der Waals surface area contributed by atoms with Crippen LogP contribution in [0.2, 0.25) is 0 Å². The largest absolute Gasteiger partial charge is 0.334 e. The first-order valence-electron chi connectivity index (χ1n) is 6.22. The summed E-state index contributed by atoms with van der Waals surface area (Å²) in [6, 6.07) is 3.92. The molecule has 0 bridgehead atoms. The van der Waals surface area contributed by atoms with Gasteiger partial charge in [-0.2, -0.15) is 0 Å². The van der Waals surface area contributed by atoms with Gasteiger partial charge in [0, 0.05) is 24.6 Å². The van der Waals surface area contributed by atoms with E-state index in [1.165, 1.54) is 0 Å². The molecular formula is C13H19N3O. The fourth-order valence-electron chi connectivity index (χ4n) is 2.00. The van der Waals surface area contributed by atoms with E-state index in [9.17, 15) is 4.79 Å². The lowest BCUT2D eigenvalue weighted by molar-refractivity contribution is 0.725. The van der Waals surface area contributed by atoms with Crippen molar-refractivity contribution in [2.75, 3.05) is 0 Å². The second kappa shape index (κ2) is 5.08. The van der Waals surface area contributed by atoms with E-state index in [4.69, 9.17) is 0 Å². The lowest BCUT2D eigenvalue weighted by Crippen LogP contribution is -2.17. The van der Waals surface area contributed by atoms with Crippen molar-refractivity contribution >= 4 is 0 Å². The van der Waals surface area contributed by atoms with Gasteiger partial charge in [0.15, 0.2) is 0 Å². The summed E-state index contributed by atoms with van der Waals surface area (Å²) in [6.45, 7) is 5.08. The van der Waals surface area contributed by atoms with Crippen LogP contribution in [0.3, 0.4) is 0 Å². The highest BCUT2D eigenvalue weighted by Gasteiger charge is 2.07. The lowest BCUT2D eigenvalue weighted by Gasteiger charge is -2.05. The van der Waals surface area contributed by atoms with Crippen molar-refractivity contribution in [3.8, 4) is 5.82 Å². The Morgan fingerprint density at radius 3 is 2.88 bits per heavy atom. The Bertz CT molecular complexity index is 533. The summed E-state index contributed by atoms with van der Waals surface area (Å²) in [4.78, 5) is 14.8. The van der Waals surface area contributed by atoms with Crippen molar-refractivity contribution in [2.45, 2.75) is 39.7 Å². The van der Waals surface area contributed by atoms with E-state index in [-0.39, 0.29) is 5.69 Å². The molecule has 2 aromatic heterocycles. The van der Waals surface area contributed by atoms with Crippen molar-refractivity contribution in [3.63, 3.8) is 0 Å². The third kappa shape index (κ3) is 2.35. The van der Waals surface area contributed by atoms with Crippen LogP contribution in [0, 0.1) is 0 Å². The first-order chi connectivity index (χ1) is 8.26. The summed E-state index contributed by atoms with van der Waals surface area (Å²) in [5, 5.41) is 0. The quantitative estimate of drug-likeness (QED) is 0.846. The molecule has 0 aliphatic rings. The Balaban J connectivity index is 2.33. The minimum absolute atomic E-state index is 0.0514. The molecule has 0 atom stereocenters. The molecule has 2 aromatic rings. The maximum absolute atomic E-state index is 11.9. The molecule has 0 spiro atoms. The van der Waals surface area contributed by atoms with E-state index in [1.807, 2.05) is 24.5 Å². The number of hydrogen-bond acceptors (Lipinski definition) is 1. The molecule has 2 rings (SSSR count). The van der Waals surface area contributed by atoms with Gasteiger partial charge in [0.25, 0.3) is 0 Å². The molecule has 0 radical (unpaired) electrons. The molecule has 92 valence electrons. The number of aromatic amines is 1. The van der Waals surface area contributed by atoms with Gasteiger partial charge in [0.05, 0.1) is 0 Å². The van der Waals surface area contributed by atoms with Gasteiger partial charge >= 0.3 is 5.69 Å². The lowest BCUT2D eigenvalue weighted by atomic mass is 10.2. The summed E-state index contributed by atoms with van der Waals surface area (Å²) in [6.07, 6.45) is 7.08. The van der Waals surface area contributed by atoms with Crippen LogP contribution in [-0.4, -0.2) is 14.1 Å². The highest BCUT2D eigenvalue weighted by atomic mass is 16.1. The highest BCUT2D eigenvalue weighted by molar-refractivity contribution is 5.26. The van der Waals surface area contributed by atoms with Gasteiger partial charge in [-0.25, -0.2) is 4.79 Å². The molecule has 1 N–H and O–H groups in total. The summed E-state index contributed by atoms with van der Waals surface area (Å²) >= 11 is 0. The van der Waals surface area contributed by atoms with E-state index in [2.05, 4.69) is 23.4 Å². The molecule has 0 aliphatic carbocycles. The van der Waals surface area contributed by atoms with Gasteiger partial charge in [-0.3, -0.25) is 4.57 Å². The third-order valence-corrected chi connectivity index (χ3v) is 2.96. The van der Waals surface area contributed by atoms with Crippen LogP contribution in [0.15, 0.2) is 29.3 Å². The SMILES string of the molecule is CCCCc1cn(-c2cccn2CC)c(=O)[nH]1. The predicted molar refractivity (Wildman–Crippen MR) is 68.7 cm³/mol. The molecular weight excluding hydrogens is 214 g/mol. The minimum Gasteiger partial charge on any atom is -0.334 e. The van der Waals surface area contributed by atoms with Crippen molar-refractivity contribution in [3.05, 3.63) is 40.7 Å². The zero-order valence-electron chi connectivity index (χ0n) is 10.4. The summed E-state index contributed by atoms with van der Waals surface area (Å²) < 4.78 is 3.74. The van der Waals surface area contributed by atoms with Gasteiger partial charge in [-0.15, -0.1) is 0 Å². The van der Waals surface area contributed by atoms with E-state index in [0.717, 1.165) is 37.3 Å². The van der Waals surface area contributed by atoms with Gasteiger partial charge in [-0.05, 0) is 31.9 Å². The number of rotatable bonds is 5. The molecule has 0 aliphatic heterocycles. The van der Waals surface area contributed by atoms with Gasteiger partial charge in [0.1, 0.15) is 5.82 Å². The first kappa shape index (κ1) is 11.8. The topological polar surface area (TPSA) is 42.7 Å². The number of aromatic nitrogens is 3. The number of aryl methyl sites for hydroxylation is 2. The molecule has 0 unspecified atom stereocenters. The first-order valence-corrected chi connectivity index (χ1v) is 6.22. The van der Waals surface area contributed by atoms with Crippen molar-refractivity contribution in [1.82, 2.24) is 14.1 Å². The molecule has 0 fully saturated rings. The Labute approximate surface area is 101 Å². The number of imidazole rings is 1. The van der Waals surface area contributed by atoms with Crippen LogP contribution in [0.4, 0.5) is 0 Å². The highest BCUT2D eigenvalue weighted by Crippen LogP contribution is 2.08. The van der Waals surface area contributed by atoms with Crippen molar-refractivity contribution in [1.29, 1.82) is 0 Å². The second-order valence-electron chi connectivity index (χ2n) is 4.21. The van der Waals surface area contributed by atoms with E-state index >= 15 is 0 Å². The molecule has 17 heavy (non-hydrogen) atoms. The van der Waals surface area contributed by atoms with E-state index < -0.39 is 0 Å². The number of unbranched alkanes of at least 4 members (excludes halogenated alkanes) is 1. The third-order valence-electron chi connectivity index (χ3n) is 2.96. The normalized spacial score (nSPS) is 10.9. The average Bonchev–Trinajstić information content (AvgIpc) is 2.92. The number of hydrogen-bond donors (Lipinski definition) is 1. The van der Waals surface area contributed by atoms with Crippen LogP contribution in [0.25, 0.3) is 5.82 Å². The summed E-state index contributed by atoms with van der Waals surface area (Å²) in [5.74, 6) is 0.927. The average molecular weight is 233 g/mol. The summed E-state index contributed by atoms with van der Waals surface area (Å²) in [7, 11) is 0. The van der Waals surface area contributed by atoms with Crippen LogP contribution in [-0.2, 0) is 13.0 Å². The molecule has 0 saturated carbocycles. The molecule has 0 amide bonds. The smallest absolute Gasteiger partial charge is 0.331 e. The Kier molecular flexibility index (Phi) is 3.52. The van der Waals surface area contributed by atoms with Crippen LogP contribution < -0.4 is 5.69 Å². The Morgan fingerprint density at radius 1 is 1.35 bits per heavy atom. The number of nitrogens with one attached hydrogen (secondary N) is 1. The Hall–Kier alpha value is -1.71. The standard InChI is InChI=1S/C13H19N3O/c1-3-5-7-11-10-16(13(17)14-11)12-8-6-9-15(12)4-2/h6,8-10H,3-5,7H2,1-2H3,(H,14,17). The van der Waals surface area contributed by atoms with Crippen molar-refractivity contribution in [2.24, 2.45) is 0 Å². The zero-order chi connectivity index (χ0) is 12.3. The van der Waals surface area contributed by atoms with Gasteiger partial charge in [-0.1, -0.05) is 13.3 Å². The van der Waals surface area contributed by atoms with Crippen molar-refractivity contribution < 1.29 is 0 Å². The second-order valence-corrected chi connectivity index (χ2v) is 4.21. The zero-order valence-corrected chi connectivity index (χ0v) is 10.4. The number of H-pyrrole nitrogens is 1. The fraction of sp³-hybridized carbons (Fsp3) is 0.462. The van der Waals surface area contributed by atoms with Crippen LogP contribution >= 0.6 is 0 Å². The predicted octanol–water partition coefficient (Wildman–Crippen LogP) is 2.33. The summed E-state index contributed by atoms with van der Waals surface area (Å²) in [5.41, 5.74) is 0.963. The maximum atomic E-state index is 11.9. The minimum atomic E-state index is -0.0514.